The van der Waals surface area contributed by atoms with E-state index in [1.165, 1.54) is 25.7 Å². The summed E-state index contributed by atoms with van der Waals surface area (Å²) in [7, 11) is 0. The average Bonchev–Trinajstić information content (AvgIpc) is 2.74. The summed E-state index contributed by atoms with van der Waals surface area (Å²) in [6.45, 7) is 5.83. The van der Waals surface area contributed by atoms with Gasteiger partial charge in [0.05, 0.1) is 0 Å². The quantitative estimate of drug-likeness (QED) is 0.849. The minimum atomic E-state index is 0.436. The molecule has 5 nitrogen and oxygen atoms in total. The lowest BCUT2D eigenvalue weighted by molar-refractivity contribution is 0.625. The minimum absolute atomic E-state index is 0.436. The van der Waals surface area contributed by atoms with Gasteiger partial charge in [0, 0.05) is 25.8 Å². The molecule has 2 rings (SSSR count). The Morgan fingerprint density at radius 1 is 1.32 bits per heavy atom. The summed E-state index contributed by atoms with van der Waals surface area (Å²) < 4.78 is 0. The second kappa shape index (κ2) is 7.28. The summed E-state index contributed by atoms with van der Waals surface area (Å²) in [5, 5.41) is 3.26. The van der Waals surface area contributed by atoms with Gasteiger partial charge in [0.1, 0.15) is 5.82 Å². The van der Waals surface area contributed by atoms with Crippen molar-refractivity contribution in [3.05, 3.63) is 12.3 Å². The molecule has 0 amide bonds. The van der Waals surface area contributed by atoms with E-state index in [9.17, 15) is 0 Å². The summed E-state index contributed by atoms with van der Waals surface area (Å²) in [4.78, 5) is 11.2. The van der Waals surface area contributed by atoms with E-state index in [4.69, 9.17) is 5.73 Å². The largest absolute Gasteiger partial charge is 0.356 e. The molecule has 1 aliphatic heterocycles. The lowest BCUT2D eigenvalue weighted by atomic mass is 10.2. The minimum Gasteiger partial charge on any atom is -0.356 e. The zero-order chi connectivity index (χ0) is 13.5. The standard InChI is InChI=1S/C14H25N5/c1-12(10-15)11-17-14-16-7-6-13(18-14)19-8-4-2-3-5-9-19/h6-7,12H,2-5,8-11,15H2,1H3,(H,16,17,18). The first kappa shape index (κ1) is 14.1. The first-order valence-corrected chi connectivity index (χ1v) is 7.31. The molecular formula is C14H25N5. The highest BCUT2D eigenvalue weighted by molar-refractivity contribution is 5.42. The van der Waals surface area contributed by atoms with Gasteiger partial charge < -0.3 is 16.0 Å². The van der Waals surface area contributed by atoms with Gasteiger partial charge in [-0.15, -0.1) is 0 Å². The number of anilines is 2. The van der Waals surface area contributed by atoms with Crippen LogP contribution in [0, 0.1) is 5.92 Å². The second-order valence-corrected chi connectivity index (χ2v) is 5.36. The Morgan fingerprint density at radius 3 is 2.74 bits per heavy atom. The van der Waals surface area contributed by atoms with Crippen LogP contribution in [0.5, 0.6) is 0 Å². The van der Waals surface area contributed by atoms with Gasteiger partial charge in [-0.2, -0.15) is 4.98 Å². The maximum atomic E-state index is 5.61. The molecule has 1 atom stereocenters. The van der Waals surface area contributed by atoms with Crippen molar-refractivity contribution < 1.29 is 0 Å². The zero-order valence-corrected chi connectivity index (χ0v) is 11.8. The summed E-state index contributed by atoms with van der Waals surface area (Å²) in [6, 6.07) is 2.00. The molecule has 1 aromatic rings. The SMILES string of the molecule is CC(CN)CNc1nccc(N2CCCCCC2)n1. The van der Waals surface area contributed by atoms with E-state index in [1.54, 1.807) is 0 Å². The molecule has 3 N–H and O–H groups in total. The van der Waals surface area contributed by atoms with Crippen LogP contribution >= 0.6 is 0 Å². The lowest BCUT2D eigenvalue weighted by Gasteiger charge is -2.21. The van der Waals surface area contributed by atoms with Crippen molar-refractivity contribution >= 4 is 11.8 Å². The van der Waals surface area contributed by atoms with Crippen molar-refractivity contribution in [3.63, 3.8) is 0 Å². The Kier molecular flexibility index (Phi) is 5.39. The van der Waals surface area contributed by atoms with Crippen molar-refractivity contribution in [1.29, 1.82) is 0 Å². The Bertz CT molecular complexity index is 374. The molecular weight excluding hydrogens is 238 g/mol. The van der Waals surface area contributed by atoms with Crippen molar-refractivity contribution in [1.82, 2.24) is 9.97 Å². The first-order chi connectivity index (χ1) is 9.29. The molecule has 1 aromatic heterocycles. The van der Waals surface area contributed by atoms with E-state index in [0.29, 0.717) is 18.4 Å². The number of aromatic nitrogens is 2. The Labute approximate surface area is 115 Å². The molecule has 0 aliphatic carbocycles. The molecule has 0 saturated carbocycles. The van der Waals surface area contributed by atoms with Crippen LogP contribution in [0.25, 0.3) is 0 Å². The van der Waals surface area contributed by atoms with Gasteiger partial charge in [-0.05, 0) is 31.4 Å². The topological polar surface area (TPSA) is 67.1 Å². The van der Waals surface area contributed by atoms with E-state index < -0.39 is 0 Å². The van der Waals surface area contributed by atoms with Crippen LogP contribution in [0.4, 0.5) is 11.8 Å². The fraction of sp³-hybridized carbons (Fsp3) is 0.714. The monoisotopic (exact) mass is 263 g/mol. The van der Waals surface area contributed by atoms with Crippen LogP contribution in [0.3, 0.4) is 0 Å². The van der Waals surface area contributed by atoms with E-state index in [-0.39, 0.29) is 0 Å². The number of nitrogens with one attached hydrogen (secondary N) is 1. The summed E-state index contributed by atoms with van der Waals surface area (Å²) in [5.74, 6) is 2.19. The highest BCUT2D eigenvalue weighted by atomic mass is 15.2. The van der Waals surface area contributed by atoms with Gasteiger partial charge in [0.15, 0.2) is 0 Å². The van der Waals surface area contributed by atoms with Crippen molar-refractivity contribution in [3.8, 4) is 0 Å². The molecule has 0 radical (unpaired) electrons. The second-order valence-electron chi connectivity index (χ2n) is 5.36. The van der Waals surface area contributed by atoms with Crippen LogP contribution in [0.1, 0.15) is 32.6 Å². The molecule has 1 saturated heterocycles. The molecule has 0 aromatic carbocycles. The normalized spacial score (nSPS) is 17.9. The lowest BCUT2D eigenvalue weighted by Crippen LogP contribution is -2.26. The number of rotatable bonds is 5. The maximum Gasteiger partial charge on any atom is 0.224 e. The van der Waals surface area contributed by atoms with E-state index in [2.05, 4.69) is 27.1 Å². The average molecular weight is 263 g/mol. The third-order valence-electron chi connectivity index (χ3n) is 3.58. The Morgan fingerprint density at radius 2 is 2.05 bits per heavy atom. The van der Waals surface area contributed by atoms with Crippen LogP contribution in [0.2, 0.25) is 0 Å². The predicted molar refractivity (Wildman–Crippen MR) is 79.4 cm³/mol. The summed E-state index contributed by atoms with van der Waals surface area (Å²) in [6.07, 6.45) is 7.03. The summed E-state index contributed by atoms with van der Waals surface area (Å²) >= 11 is 0. The van der Waals surface area contributed by atoms with Gasteiger partial charge >= 0.3 is 0 Å². The molecule has 1 fully saturated rings. The number of hydrogen-bond donors (Lipinski definition) is 2. The van der Waals surface area contributed by atoms with Crippen molar-refractivity contribution in [2.24, 2.45) is 11.7 Å². The van der Waals surface area contributed by atoms with Gasteiger partial charge in [0.25, 0.3) is 0 Å². The highest BCUT2D eigenvalue weighted by Crippen LogP contribution is 2.17. The fourth-order valence-electron chi connectivity index (χ4n) is 2.26. The Hall–Kier alpha value is -1.36. The van der Waals surface area contributed by atoms with Crippen molar-refractivity contribution in [2.45, 2.75) is 32.6 Å². The van der Waals surface area contributed by atoms with Crippen LogP contribution < -0.4 is 16.0 Å². The number of nitrogens with two attached hydrogens (primary N) is 1. The molecule has 0 bridgehead atoms. The predicted octanol–water partition coefficient (Wildman–Crippen LogP) is 1.86. The van der Waals surface area contributed by atoms with E-state index >= 15 is 0 Å². The molecule has 5 heteroatoms. The van der Waals surface area contributed by atoms with Crippen LogP contribution in [-0.2, 0) is 0 Å². The summed E-state index contributed by atoms with van der Waals surface area (Å²) in [5.41, 5.74) is 5.61. The van der Waals surface area contributed by atoms with Crippen LogP contribution in [0.15, 0.2) is 12.3 Å². The zero-order valence-electron chi connectivity index (χ0n) is 11.8. The number of nitrogens with zero attached hydrogens (tertiary/aromatic N) is 3. The first-order valence-electron chi connectivity index (χ1n) is 7.31. The molecule has 19 heavy (non-hydrogen) atoms. The molecule has 0 spiro atoms. The molecule has 1 unspecified atom stereocenters. The highest BCUT2D eigenvalue weighted by Gasteiger charge is 2.11. The van der Waals surface area contributed by atoms with Gasteiger partial charge in [-0.3, -0.25) is 0 Å². The third-order valence-corrected chi connectivity index (χ3v) is 3.58. The van der Waals surface area contributed by atoms with Crippen molar-refractivity contribution in [2.75, 3.05) is 36.4 Å². The molecule has 1 aliphatic rings. The van der Waals surface area contributed by atoms with Gasteiger partial charge in [-0.1, -0.05) is 19.8 Å². The maximum absolute atomic E-state index is 5.61. The smallest absolute Gasteiger partial charge is 0.224 e. The Balaban J connectivity index is 1.97. The van der Waals surface area contributed by atoms with E-state index in [0.717, 1.165) is 25.5 Å². The van der Waals surface area contributed by atoms with Crippen LogP contribution in [-0.4, -0.2) is 36.1 Å². The molecule has 106 valence electrons. The fourth-order valence-corrected chi connectivity index (χ4v) is 2.26. The van der Waals surface area contributed by atoms with Gasteiger partial charge in [-0.25, -0.2) is 4.98 Å². The van der Waals surface area contributed by atoms with Gasteiger partial charge in [0.2, 0.25) is 5.95 Å². The molecule has 2 heterocycles. The van der Waals surface area contributed by atoms with E-state index in [1.807, 2.05) is 12.3 Å². The third kappa shape index (κ3) is 4.35. The number of hydrogen-bond acceptors (Lipinski definition) is 5.